The van der Waals surface area contributed by atoms with E-state index in [-0.39, 0.29) is 0 Å². The lowest BCUT2D eigenvalue weighted by molar-refractivity contribution is -0.151. The maximum Gasteiger partial charge on any atom is 0.310 e. The molecule has 1 aliphatic rings. The summed E-state index contributed by atoms with van der Waals surface area (Å²) >= 11 is 0. The fraction of sp³-hybridized carbons (Fsp3) is 0.900. The van der Waals surface area contributed by atoms with Gasteiger partial charge in [0.15, 0.2) is 0 Å². The average molecular weight is 185 g/mol. The van der Waals surface area contributed by atoms with Crippen LogP contribution in [0.15, 0.2) is 0 Å². The number of carboxylic acid groups (broad SMARTS) is 1. The summed E-state index contributed by atoms with van der Waals surface area (Å²) in [5.74, 6) is -0.148. The van der Waals surface area contributed by atoms with Crippen molar-refractivity contribution in [3.63, 3.8) is 0 Å². The summed E-state index contributed by atoms with van der Waals surface area (Å²) in [6, 6.07) is 0. The Labute approximate surface area is 79.5 Å². The average Bonchev–Trinajstić information content (AvgIpc) is 2.04. The van der Waals surface area contributed by atoms with Crippen LogP contribution in [-0.2, 0) is 4.79 Å². The molecule has 0 saturated carbocycles. The predicted octanol–water partition coefficient (Wildman–Crippen LogP) is 1.49. The molecular weight excluding hydrogens is 166 g/mol. The van der Waals surface area contributed by atoms with E-state index in [4.69, 9.17) is 0 Å². The Kier molecular flexibility index (Phi) is 3.31. The van der Waals surface area contributed by atoms with Crippen LogP contribution in [0.1, 0.15) is 33.1 Å². The van der Waals surface area contributed by atoms with Crippen molar-refractivity contribution < 1.29 is 9.90 Å². The van der Waals surface area contributed by atoms with Gasteiger partial charge in [-0.1, -0.05) is 20.3 Å². The number of aliphatic carboxylic acids is 1. The molecule has 0 spiro atoms. The van der Waals surface area contributed by atoms with E-state index in [1.807, 2.05) is 6.92 Å². The van der Waals surface area contributed by atoms with Gasteiger partial charge in [0, 0.05) is 6.54 Å². The van der Waals surface area contributed by atoms with Crippen molar-refractivity contribution in [1.29, 1.82) is 0 Å². The molecule has 0 aromatic carbocycles. The molecule has 1 aliphatic heterocycles. The molecule has 0 aliphatic carbocycles. The Morgan fingerprint density at radius 3 is 2.85 bits per heavy atom. The highest BCUT2D eigenvalue weighted by atomic mass is 16.4. The Bertz CT molecular complexity index is 189. The highest BCUT2D eigenvalue weighted by Crippen LogP contribution is 2.34. The number of rotatable bonds is 3. The van der Waals surface area contributed by atoms with E-state index in [1.54, 1.807) is 0 Å². The maximum absolute atomic E-state index is 11.2. The van der Waals surface area contributed by atoms with Crippen LogP contribution in [0.2, 0.25) is 0 Å². The number of hydrogen-bond donors (Lipinski definition) is 2. The fourth-order valence-electron chi connectivity index (χ4n) is 2.31. The summed E-state index contributed by atoms with van der Waals surface area (Å²) in [5, 5.41) is 12.4. The molecule has 1 fully saturated rings. The van der Waals surface area contributed by atoms with Crippen LogP contribution in [0.4, 0.5) is 0 Å². The summed E-state index contributed by atoms with van der Waals surface area (Å²) in [4.78, 5) is 11.2. The van der Waals surface area contributed by atoms with Crippen LogP contribution in [0.3, 0.4) is 0 Å². The first kappa shape index (κ1) is 10.5. The quantitative estimate of drug-likeness (QED) is 0.700. The Morgan fingerprint density at radius 2 is 2.38 bits per heavy atom. The molecule has 0 amide bonds. The smallest absolute Gasteiger partial charge is 0.310 e. The minimum atomic E-state index is -0.631. The van der Waals surface area contributed by atoms with Crippen LogP contribution in [0.25, 0.3) is 0 Å². The van der Waals surface area contributed by atoms with E-state index < -0.39 is 11.4 Å². The van der Waals surface area contributed by atoms with E-state index in [0.717, 1.165) is 25.8 Å². The van der Waals surface area contributed by atoms with Gasteiger partial charge < -0.3 is 10.4 Å². The second-order valence-electron chi connectivity index (χ2n) is 4.28. The lowest BCUT2D eigenvalue weighted by Gasteiger charge is -2.36. The maximum atomic E-state index is 11.2. The largest absolute Gasteiger partial charge is 0.481 e. The van der Waals surface area contributed by atoms with Gasteiger partial charge in [-0.05, 0) is 25.3 Å². The molecule has 1 heterocycles. The van der Waals surface area contributed by atoms with Gasteiger partial charge >= 0.3 is 5.97 Å². The first-order valence-electron chi connectivity index (χ1n) is 5.05. The van der Waals surface area contributed by atoms with Gasteiger partial charge in [-0.2, -0.15) is 0 Å². The number of nitrogens with one attached hydrogen (secondary N) is 1. The summed E-state index contributed by atoms with van der Waals surface area (Å²) in [7, 11) is 0. The second kappa shape index (κ2) is 4.09. The van der Waals surface area contributed by atoms with Crippen molar-refractivity contribution in [3.8, 4) is 0 Å². The molecule has 0 aromatic heterocycles. The van der Waals surface area contributed by atoms with Crippen molar-refractivity contribution >= 4 is 5.97 Å². The fourth-order valence-corrected chi connectivity index (χ4v) is 2.31. The standard InChI is InChI=1S/C10H19NO2/c1-3-4-10(9(12)13)5-8(2)6-11-7-10/h8,11H,3-7H2,1-2H3,(H,12,13). The molecule has 13 heavy (non-hydrogen) atoms. The summed E-state index contributed by atoms with van der Waals surface area (Å²) in [6.07, 6.45) is 2.56. The van der Waals surface area contributed by atoms with Gasteiger partial charge in [-0.25, -0.2) is 0 Å². The van der Waals surface area contributed by atoms with E-state index >= 15 is 0 Å². The molecule has 0 aromatic rings. The lowest BCUT2D eigenvalue weighted by atomic mass is 9.74. The van der Waals surface area contributed by atoms with E-state index in [2.05, 4.69) is 12.2 Å². The Hall–Kier alpha value is -0.570. The molecule has 1 saturated heterocycles. The zero-order chi connectivity index (χ0) is 9.90. The lowest BCUT2D eigenvalue weighted by Crippen LogP contribution is -2.48. The van der Waals surface area contributed by atoms with E-state index in [1.165, 1.54) is 0 Å². The first-order valence-corrected chi connectivity index (χ1v) is 5.05. The van der Waals surface area contributed by atoms with Gasteiger partial charge in [0.1, 0.15) is 0 Å². The zero-order valence-electron chi connectivity index (χ0n) is 8.47. The first-order chi connectivity index (χ1) is 6.10. The third-order valence-corrected chi connectivity index (χ3v) is 2.88. The molecular formula is C10H19NO2. The second-order valence-corrected chi connectivity index (χ2v) is 4.28. The number of carbonyl (C=O) groups is 1. The molecule has 3 heteroatoms. The Morgan fingerprint density at radius 1 is 1.69 bits per heavy atom. The van der Waals surface area contributed by atoms with Gasteiger partial charge in [0.25, 0.3) is 0 Å². The van der Waals surface area contributed by atoms with Crippen LogP contribution < -0.4 is 5.32 Å². The molecule has 76 valence electrons. The van der Waals surface area contributed by atoms with E-state index in [9.17, 15) is 9.90 Å². The van der Waals surface area contributed by atoms with Gasteiger partial charge in [-0.15, -0.1) is 0 Å². The number of hydrogen-bond acceptors (Lipinski definition) is 2. The van der Waals surface area contributed by atoms with Crippen LogP contribution in [0.5, 0.6) is 0 Å². The molecule has 0 radical (unpaired) electrons. The van der Waals surface area contributed by atoms with Crippen LogP contribution in [0, 0.1) is 11.3 Å². The van der Waals surface area contributed by atoms with Gasteiger partial charge in [-0.3, -0.25) is 4.79 Å². The van der Waals surface area contributed by atoms with Gasteiger partial charge in [0.2, 0.25) is 0 Å². The van der Waals surface area contributed by atoms with E-state index in [0.29, 0.717) is 12.5 Å². The SMILES string of the molecule is CCCC1(C(=O)O)CNCC(C)C1. The third-order valence-electron chi connectivity index (χ3n) is 2.88. The molecule has 2 N–H and O–H groups in total. The topological polar surface area (TPSA) is 49.3 Å². The van der Waals surface area contributed by atoms with Gasteiger partial charge in [0.05, 0.1) is 5.41 Å². The van der Waals surface area contributed by atoms with Crippen molar-refractivity contribution in [1.82, 2.24) is 5.32 Å². The molecule has 1 rings (SSSR count). The van der Waals surface area contributed by atoms with Crippen LogP contribution in [-0.4, -0.2) is 24.2 Å². The highest BCUT2D eigenvalue weighted by Gasteiger charge is 2.40. The van der Waals surface area contributed by atoms with Crippen molar-refractivity contribution in [3.05, 3.63) is 0 Å². The third kappa shape index (κ3) is 2.21. The zero-order valence-corrected chi connectivity index (χ0v) is 8.47. The minimum absolute atomic E-state index is 0.483. The predicted molar refractivity (Wildman–Crippen MR) is 51.6 cm³/mol. The van der Waals surface area contributed by atoms with Crippen molar-refractivity contribution in [2.45, 2.75) is 33.1 Å². The molecule has 0 bridgehead atoms. The Balaban J connectivity index is 2.70. The monoisotopic (exact) mass is 185 g/mol. The van der Waals surface area contributed by atoms with Crippen molar-refractivity contribution in [2.75, 3.05) is 13.1 Å². The number of piperidine rings is 1. The molecule has 2 unspecified atom stereocenters. The van der Waals surface area contributed by atoms with Crippen molar-refractivity contribution in [2.24, 2.45) is 11.3 Å². The molecule has 2 atom stereocenters. The summed E-state index contributed by atoms with van der Waals surface area (Å²) in [5.41, 5.74) is -0.494. The molecule has 3 nitrogen and oxygen atoms in total. The summed E-state index contributed by atoms with van der Waals surface area (Å²) in [6.45, 7) is 5.75. The summed E-state index contributed by atoms with van der Waals surface area (Å²) < 4.78 is 0. The van der Waals surface area contributed by atoms with Crippen LogP contribution >= 0.6 is 0 Å². The normalized spacial score (nSPS) is 34.5. The highest BCUT2D eigenvalue weighted by molar-refractivity contribution is 5.75. The number of carboxylic acids is 1. The minimum Gasteiger partial charge on any atom is -0.481 e.